The first-order valence-corrected chi connectivity index (χ1v) is 7.98. The zero-order valence-electron chi connectivity index (χ0n) is 13.3. The van der Waals surface area contributed by atoms with Gasteiger partial charge in [-0.15, -0.1) is 0 Å². The molecule has 2 unspecified atom stereocenters. The predicted octanol–water partition coefficient (Wildman–Crippen LogP) is 1.40. The number of aromatic nitrogens is 2. The van der Waals surface area contributed by atoms with Crippen LogP contribution in [0.4, 0.5) is 11.5 Å². The van der Waals surface area contributed by atoms with Crippen molar-refractivity contribution in [1.29, 1.82) is 0 Å². The third kappa shape index (κ3) is 2.87. The Labute approximate surface area is 126 Å². The van der Waals surface area contributed by atoms with Gasteiger partial charge in [-0.25, -0.2) is 0 Å². The van der Waals surface area contributed by atoms with Crippen molar-refractivity contribution < 1.29 is 4.74 Å². The molecule has 0 bridgehead atoms. The Balaban J connectivity index is 1.60. The number of nitrogens with two attached hydrogens (primary N) is 1. The SMILES string of the molecule is CC(C)c1nn(C)c(NCC2CN3CCCC3CO2)c1N. The van der Waals surface area contributed by atoms with Gasteiger partial charge >= 0.3 is 0 Å². The van der Waals surface area contributed by atoms with Crippen LogP contribution in [0.15, 0.2) is 0 Å². The van der Waals surface area contributed by atoms with Crippen LogP contribution in [0, 0.1) is 0 Å². The maximum atomic E-state index is 6.21. The van der Waals surface area contributed by atoms with E-state index >= 15 is 0 Å². The summed E-state index contributed by atoms with van der Waals surface area (Å²) in [5, 5.41) is 7.93. The average molecular weight is 293 g/mol. The van der Waals surface area contributed by atoms with Gasteiger partial charge in [0.05, 0.1) is 24.1 Å². The number of hydrogen-bond acceptors (Lipinski definition) is 5. The Kier molecular flexibility index (Phi) is 4.08. The second kappa shape index (κ2) is 5.85. The van der Waals surface area contributed by atoms with Crippen LogP contribution >= 0.6 is 0 Å². The molecule has 1 aromatic rings. The fourth-order valence-electron chi connectivity index (χ4n) is 3.42. The molecule has 6 nitrogen and oxygen atoms in total. The number of rotatable bonds is 4. The van der Waals surface area contributed by atoms with Gasteiger partial charge in [0.15, 0.2) is 0 Å². The summed E-state index contributed by atoms with van der Waals surface area (Å²) in [6, 6.07) is 0.649. The van der Waals surface area contributed by atoms with Crippen molar-refractivity contribution in [2.24, 2.45) is 7.05 Å². The number of nitrogens with zero attached hydrogens (tertiary/aromatic N) is 3. The number of aryl methyl sites for hydroxylation is 1. The van der Waals surface area contributed by atoms with Crippen LogP contribution < -0.4 is 11.1 Å². The minimum Gasteiger partial charge on any atom is -0.394 e. The lowest BCUT2D eigenvalue weighted by Crippen LogP contribution is -2.48. The summed E-state index contributed by atoms with van der Waals surface area (Å²) in [7, 11) is 1.93. The lowest BCUT2D eigenvalue weighted by molar-refractivity contribution is -0.0416. The van der Waals surface area contributed by atoms with Crippen LogP contribution in [0.2, 0.25) is 0 Å². The van der Waals surface area contributed by atoms with Crippen molar-refractivity contribution in [3.63, 3.8) is 0 Å². The molecule has 2 aliphatic rings. The molecule has 0 spiro atoms. The topological polar surface area (TPSA) is 68.3 Å². The Morgan fingerprint density at radius 1 is 1.48 bits per heavy atom. The summed E-state index contributed by atoms with van der Waals surface area (Å²) in [5.41, 5.74) is 7.94. The summed E-state index contributed by atoms with van der Waals surface area (Å²) < 4.78 is 7.81. The second-order valence-corrected chi connectivity index (χ2v) is 6.55. The predicted molar refractivity (Wildman–Crippen MR) is 84.5 cm³/mol. The number of hydrogen-bond donors (Lipinski definition) is 2. The van der Waals surface area contributed by atoms with Crippen molar-refractivity contribution >= 4 is 11.5 Å². The van der Waals surface area contributed by atoms with E-state index in [2.05, 4.69) is 29.2 Å². The standard InChI is InChI=1S/C15H27N5O/c1-10(2)14-13(16)15(19(3)18-14)17-7-12-8-20-6-4-5-11(20)9-21-12/h10-12,17H,4-9,16H2,1-3H3. The van der Waals surface area contributed by atoms with Crippen LogP contribution in [-0.4, -0.2) is 53.1 Å². The molecule has 2 aliphatic heterocycles. The smallest absolute Gasteiger partial charge is 0.147 e. The molecule has 0 aliphatic carbocycles. The van der Waals surface area contributed by atoms with Crippen molar-refractivity contribution in [2.45, 2.75) is 44.8 Å². The van der Waals surface area contributed by atoms with E-state index in [-0.39, 0.29) is 6.10 Å². The zero-order chi connectivity index (χ0) is 15.0. The molecule has 0 saturated carbocycles. The van der Waals surface area contributed by atoms with E-state index in [0.717, 1.165) is 36.9 Å². The van der Waals surface area contributed by atoms with E-state index in [4.69, 9.17) is 10.5 Å². The Bertz CT molecular complexity index is 498. The van der Waals surface area contributed by atoms with Crippen molar-refractivity contribution in [2.75, 3.05) is 37.3 Å². The van der Waals surface area contributed by atoms with Gasteiger partial charge in [-0.05, 0) is 25.3 Å². The summed E-state index contributed by atoms with van der Waals surface area (Å²) in [5.74, 6) is 1.24. The highest BCUT2D eigenvalue weighted by Crippen LogP contribution is 2.28. The molecule has 3 rings (SSSR count). The van der Waals surface area contributed by atoms with Gasteiger partial charge in [-0.1, -0.05) is 13.8 Å². The maximum Gasteiger partial charge on any atom is 0.147 e. The molecular formula is C15H27N5O. The molecule has 0 radical (unpaired) electrons. The number of morpholine rings is 1. The summed E-state index contributed by atoms with van der Waals surface area (Å²) >= 11 is 0. The fourth-order valence-corrected chi connectivity index (χ4v) is 3.42. The molecule has 2 atom stereocenters. The first kappa shape index (κ1) is 14.7. The van der Waals surface area contributed by atoms with Crippen molar-refractivity contribution in [1.82, 2.24) is 14.7 Å². The van der Waals surface area contributed by atoms with Gasteiger partial charge in [0.2, 0.25) is 0 Å². The third-order valence-corrected chi connectivity index (χ3v) is 4.62. The first-order chi connectivity index (χ1) is 10.1. The molecule has 2 fully saturated rings. The van der Waals surface area contributed by atoms with Crippen LogP contribution in [-0.2, 0) is 11.8 Å². The normalized spacial score (nSPS) is 26.3. The van der Waals surface area contributed by atoms with E-state index in [0.29, 0.717) is 12.0 Å². The number of nitrogen functional groups attached to an aromatic ring is 1. The summed E-state index contributed by atoms with van der Waals surface area (Å²) in [4.78, 5) is 2.56. The molecular weight excluding hydrogens is 266 g/mol. The van der Waals surface area contributed by atoms with E-state index in [1.807, 2.05) is 11.7 Å². The van der Waals surface area contributed by atoms with Gasteiger partial charge < -0.3 is 15.8 Å². The maximum absolute atomic E-state index is 6.21. The van der Waals surface area contributed by atoms with Crippen LogP contribution in [0.1, 0.15) is 38.3 Å². The molecule has 0 amide bonds. The monoisotopic (exact) mass is 293 g/mol. The van der Waals surface area contributed by atoms with Crippen LogP contribution in [0.25, 0.3) is 0 Å². The van der Waals surface area contributed by atoms with Gasteiger partial charge in [0.25, 0.3) is 0 Å². The van der Waals surface area contributed by atoms with E-state index in [1.54, 1.807) is 0 Å². The van der Waals surface area contributed by atoms with Gasteiger partial charge in [0.1, 0.15) is 5.82 Å². The summed E-state index contributed by atoms with van der Waals surface area (Å²) in [6.45, 7) is 8.11. The fraction of sp³-hybridized carbons (Fsp3) is 0.800. The van der Waals surface area contributed by atoms with E-state index in [1.165, 1.54) is 19.4 Å². The minimum absolute atomic E-state index is 0.233. The highest BCUT2D eigenvalue weighted by molar-refractivity contribution is 5.65. The lowest BCUT2D eigenvalue weighted by Gasteiger charge is -2.35. The summed E-state index contributed by atoms with van der Waals surface area (Å²) in [6.07, 6.45) is 2.82. The van der Waals surface area contributed by atoms with Gasteiger partial charge in [-0.2, -0.15) is 5.10 Å². The number of fused-ring (bicyclic) bond motifs is 1. The van der Waals surface area contributed by atoms with Crippen LogP contribution in [0.5, 0.6) is 0 Å². The molecule has 3 heterocycles. The largest absolute Gasteiger partial charge is 0.394 e. The van der Waals surface area contributed by atoms with Crippen LogP contribution in [0.3, 0.4) is 0 Å². The first-order valence-electron chi connectivity index (χ1n) is 7.98. The zero-order valence-corrected chi connectivity index (χ0v) is 13.3. The Morgan fingerprint density at radius 2 is 2.29 bits per heavy atom. The van der Waals surface area contributed by atoms with Crippen molar-refractivity contribution in [3.8, 4) is 0 Å². The third-order valence-electron chi connectivity index (χ3n) is 4.62. The molecule has 0 aromatic carbocycles. The van der Waals surface area contributed by atoms with E-state index in [9.17, 15) is 0 Å². The number of anilines is 2. The molecule has 1 aromatic heterocycles. The molecule has 21 heavy (non-hydrogen) atoms. The number of ether oxygens (including phenoxy) is 1. The van der Waals surface area contributed by atoms with Gasteiger partial charge in [-0.3, -0.25) is 9.58 Å². The Morgan fingerprint density at radius 3 is 3.00 bits per heavy atom. The number of nitrogens with one attached hydrogen (secondary N) is 1. The quantitative estimate of drug-likeness (QED) is 0.878. The molecule has 2 saturated heterocycles. The average Bonchev–Trinajstić information content (AvgIpc) is 3.01. The van der Waals surface area contributed by atoms with Crippen molar-refractivity contribution in [3.05, 3.63) is 5.69 Å². The minimum atomic E-state index is 0.233. The van der Waals surface area contributed by atoms with E-state index < -0.39 is 0 Å². The molecule has 3 N–H and O–H groups in total. The molecule has 118 valence electrons. The highest BCUT2D eigenvalue weighted by atomic mass is 16.5. The second-order valence-electron chi connectivity index (χ2n) is 6.55. The van der Waals surface area contributed by atoms with Gasteiger partial charge in [0, 0.05) is 26.2 Å². The molecule has 6 heteroatoms. The highest BCUT2D eigenvalue weighted by Gasteiger charge is 2.32. The lowest BCUT2D eigenvalue weighted by atomic mass is 10.1. The Hall–Kier alpha value is -1.27.